The molecule has 3 aromatic rings. The van der Waals surface area contributed by atoms with Gasteiger partial charge in [-0.25, -0.2) is 13.6 Å². The average Bonchev–Trinajstić information content (AvgIpc) is 2.81. The van der Waals surface area contributed by atoms with Crippen molar-refractivity contribution in [1.29, 1.82) is 0 Å². The summed E-state index contributed by atoms with van der Waals surface area (Å²) in [6, 6.07) is 17.3. The number of carbonyl (C=O) groups excluding carboxylic acids is 1. The number of methoxy groups -OCH3 is 1. The number of nitrogens with zero attached hydrogens (tertiary/aromatic N) is 1. The number of hydrogen-bond donors (Lipinski definition) is 0. The molecule has 0 aromatic heterocycles. The van der Waals surface area contributed by atoms with E-state index in [0.29, 0.717) is 16.6 Å². The van der Waals surface area contributed by atoms with Crippen molar-refractivity contribution >= 4 is 27.7 Å². The number of benzene rings is 3. The Labute approximate surface area is 187 Å². The van der Waals surface area contributed by atoms with Crippen LogP contribution in [0.3, 0.4) is 0 Å². The third-order valence-electron chi connectivity index (χ3n) is 5.34. The second-order valence-corrected chi connectivity index (χ2v) is 8.08. The van der Waals surface area contributed by atoms with E-state index in [0.717, 1.165) is 17.2 Å². The molecular formula is C24H20BrF2NO3. The molecule has 7 heteroatoms. The SMILES string of the molecule is COc1cccc(C2CCc3c(F)c(F)cc(Br)c3N2C(=O)OCc2ccccc2)c1. The molecule has 0 saturated heterocycles. The summed E-state index contributed by atoms with van der Waals surface area (Å²) in [5, 5.41) is 0. The van der Waals surface area contributed by atoms with Gasteiger partial charge in [0.1, 0.15) is 12.4 Å². The predicted octanol–water partition coefficient (Wildman–Crippen LogP) is 6.57. The first-order chi connectivity index (χ1) is 15.0. The molecule has 1 unspecified atom stereocenters. The fourth-order valence-electron chi connectivity index (χ4n) is 3.86. The average molecular weight is 488 g/mol. The maximum Gasteiger partial charge on any atom is 0.415 e. The van der Waals surface area contributed by atoms with Gasteiger partial charge in [0, 0.05) is 10.0 Å². The zero-order valence-corrected chi connectivity index (χ0v) is 18.4. The third kappa shape index (κ3) is 4.28. The van der Waals surface area contributed by atoms with Gasteiger partial charge in [0.2, 0.25) is 0 Å². The first-order valence-corrected chi connectivity index (χ1v) is 10.6. The first kappa shape index (κ1) is 21.3. The van der Waals surface area contributed by atoms with Crippen LogP contribution in [0.2, 0.25) is 0 Å². The van der Waals surface area contributed by atoms with Crippen LogP contribution in [0.15, 0.2) is 65.1 Å². The molecule has 4 rings (SSSR count). The zero-order valence-electron chi connectivity index (χ0n) is 16.8. The molecule has 3 aromatic carbocycles. The van der Waals surface area contributed by atoms with E-state index in [2.05, 4.69) is 15.9 Å². The molecule has 0 bridgehead atoms. The minimum Gasteiger partial charge on any atom is -0.497 e. The van der Waals surface area contributed by atoms with Gasteiger partial charge in [-0.2, -0.15) is 0 Å². The van der Waals surface area contributed by atoms with Crippen LogP contribution in [0, 0.1) is 11.6 Å². The highest BCUT2D eigenvalue weighted by Crippen LogP contribution is 2.45. The Morgan fingerprint density at radius 2 is 1.90 bits per heavy atom. The molecule has 0 saturated carbocycles. The second kappa shape index (κ2) is 9.06. The van der Waals surface area contributed by atoms with E-state index >= 15 is 0 Å². The molecule has 1 atom stereocenters. The van der Waals surface area contributed by atoms with Crippen molar-refractivity contribution in [2.24, 2.45) is 0 Å². The molecule has 0 N–H and O–H groups in total. The lowest BCUT2D eigenvalue weighted by atomic mass is 9.91. The molecule has 1 heterocycles. The summed E-state index contributed by atoms with van der Waals surface area (Å²) in [7, 11) is 1.57. The molecule has 31 heavy (non-hydrogen) atoms. The Hall–Kier alpha value is -2.93. The minimum atomic E-state index is -0.956. The summed E-state index contributed by atoms with van der Waals surface area (Å²) in [4.78, 5) is 14.7. The zero-order chi connectivity index (χ0) is 22.0. The molecule has 1 aliphatic heterocycles. The lowest BCUT2D eigenvalue weighted by molar-refractivity contribution is 0.143. The van der Waals surface area contributed by atoms with Gasteiger partial charge in [0.25, 0.3) is 0 Å². The number of anilines is 1. The molecule has 0 spiro atoms. The Morgan fingerprint density at radius 3 is 2.65 bits per heavy atom. The van der Waals surface area contributed by atoms with Crippen LogP contribution in [0.4, 0.5) is 19.3 Å². The van der Waals surface area contributed by atoms with Crippen LogP contribution in [0.1, 0.15) is 29.2 Å². The quantitative estimate of drug-likeness (QED) is 0.390. The second-order valence-electron chi connectivity index (χ2n) is 7.22. The van der Waals surface area contributed by atoms with Crippen LogP contribution in [-0.4, -0.2) is 13.2 Å². The van der Waals surface area contributed by atoms with Crippen LogP contribution in [-0.2, 0) is 17.8 Å². The smallest absolute Gasteiger partial charge is 0.415 e. The minimum absolute atomic E-state index is 0.0671. The highest BCUT2D eigenvalue weighted by molar-refractivity contribution is 9.10. The Kier molecular flexibility index (Phi) is 6.23. The molecule has 160 valence electrons. The number of amides is 1. The van der Waals surface area contributed by atoms with Gasteiger partial charge in [-0.3, -0.25) is 4.90 Å². The Morgan fingerprint density at radius 1 is 1.13 bits per heavy atom. The standard InChI is InChI=1S/C24H20BrF2NO3/c1-30-17-9-5-8-16(12-17)21-11-10-18-22(27)20(26)13-19(25)23(18)28(21)24(29)31-14-15-6-3-2-4-7-15/h2-9,12-13,21H,10-11,14H2,1H3. The predicted molar refractivity (Wildman–Crippen MR) is 117 cm³/mol. The number of carbonyl (C=O) groups is 1. The van der Waals surface area contributed by atoms with Crippen molar-refractivity contribution in [3.63, 3.8) is 0 Å². The van der Waals surface area contributed by atoms with E-state index in [-0.39, 0.29) is 24.3 Å². The number of fused-ring (bicyclic) bond motifs is 1. The topological polar surface area (TPSA) is 38.8 Å². The maximum atomic E-state index is 14.6. The molecule has 1 aliphatic rings. The van der Waals surface area contributed by atoms with Gasteiger partial charge < -0.3 is 9.47 Å². The van der Waals surface area contributed by atoms with Crippen LogP contribution in [0.5, 0.6) is 5.75 Å². The van der Waals surface area contributed by atoms with Crippen molar-refractivity contribution in [3.8, 4) is 5.75 Å². The number of hydrogen-bond acceptors (Lipinski definition) is 3. The number of ether oxygens (including phenoxy) is 2. The Bertz CT molecular complexity index is 1110. The van der Waals surface area contributed by atoms with Crippen molar-refractivity contribution < 1.29 is 23.0 Å². The van der Waals surface area contributed by atoms with E-state index < -0.39 is 23.8 Å². The fourth-order valence-corrected chi connectivity index (χ4v) is 4.49. The summed E-state index contributed by atoms with van der Waals surface area (Å²) in [5.74, 6) is -1.25. The van der Waals surface area contributed by atoms with Gasteiger partial charge in [0.05, 0.1) is 18.8 Å². The van der Waals surface area contributed by atoms with E-state index in [1.807, 2.05) is 54.6 Å². The molecule has 1 amide bonds. The van der Waals surface area contributed by atoms with Crippen LogP contribution >= 0.6 is 15.9 Å². The monoisotopic (exact) mass is 487 g/mol. The highest BCUT2D eigenvalue weighted by atomic mass is 79.9. The van der Waals surface area contributed by atoms with E-state index in [4.69, 9.17) is 9.47 Å². The number of rotatable bonds is 4. The van der Waals surface area contributed by atoms with E-state index in [1.165, 1.54) is 4.90 Å². The van der Waals surface area contributed by atoms with Crippen molar-refractivity contribution in [2.45, 2.75) is 25.5 Å². The van der Waals surface area contributed by atoms with Gasteiger partial charge in [-0.15, -0.1) is 0 Å². The van der Waals surface area contributed by atoms with Gasteiger partial charge in [-0.1, -0.05) is 42.5 Å². The van der Waals surface area contributed by atoms with E-state index in [9.17, 15) is 13.6 Å². The molecule has 4 nitrogen and oxygen atoms in total. The summed E-state index contributed by atoms with van der Waals surface area (Å²) in [6.45, 7) is 0.0671. The summed E-state index contributed by atoms with van der Waals surface area (Å²) in [5.41, 5.74) is 2.09. The molecular weight excluding hydrogens is 468 g/mol. The lowest BCUT2D eigenvalue weighted by Gasteiger charge is -2.37. The summed E-state index contributed by atoms with van der Waals surface area (Å²) in [6.07, 6.45) is 0.0549. The largest absolute Gasteiger partial charge is 0.497 e. The van der Waals surface area contributed by atoms with Crippen molar-refractivity contribution in [3.05, 3.63) is 93.5 Å². The lowest BCUT2D eigenvalue weighted by Crippen LogP contribution is -2.39. The first-order valence-electron chi connectivity index (χ1n) is 9.80. The van der Waals surface area contributed by atoms with Gasteiger partial charge in [-0.05, 0) is 58.1 Å². The summed E-state index contributed by atoms with van der Waals surface area (Å²) < 4.78 is 39.8. The molecule has 0 radical (unpaired) electrons. The summed E-state index contributed by atoms with van der Waals surface area (Å²) >= 11 is 3.32. The molecule has 0 fully saturated rings. The van der Waals surface area contributed by atoms with Crippen molar-refractivity contribution in [2.75, 3.05) is 12.0 Å². The fraction of sp³-hybridized carbons (Fsp3) is 0.208. The van der Waals surface area contributed by atoms with Crippen LogP contribution < -0.4 is 9.64 Å². The maximum absolute atomic E-state index is 14.6. The van der Waals surface area contributed by atoms with Crippen LogP contribution in [0.25, 0.3) is 0 Å². The number of halogens is 3. The normalized spacial score (nSPS) is 15.4. The van der Waals surface area contributed by atoms with E-state index in [1.54, 1.807) is 7.11 Å². The molecule has 0 aliphatic carbocycles. The Balaban J connectivity index is 1.75. The van der Waals surface area contributed by atoms with Gasteiger partial charge in [0.15, 0.2) is 11.6 Å². The third-order valence-corrected chi connectivity index (χ3v) is 5.95. The highest BCUT2D eigenvalue weighted by Gasteiger charge is 2.37. The van der Waals surface area contributed by atoms with Crippen molar-refractivity contribution in [1.82, 2.24) is 0 Å². The van der Waals surface area contributed by atoms with Gasteiger partial charge >= 0.3 is 6.09 Å².